The summed E-state index contributed by atoms with van der Waals surface area (Å²) in [5, 5.41) is 8.71. The lowest BCUT2D eigenvalue weighted by Gasteiger charge is -2.23. The third-order valence-electron chi connectivity index (χ3n) is 3.50. The van der Waals surface area contributed by atoms with Crippen LogP contribution >= 0.6 is 11.6 Å². The fraction of sp³-hybridized carbons (Fsp3) is 0.438. The standard InChI is InChI=1S/C16H22ClN3/c1-4-20-15(9-10-19-20)11-18-16(12(2)3)13-5-7-14(17)8-6-13/h5-10,12,16,18H,4,11H2,1-3H3. The van der Waals surface area contributed by atoms with Gasteiger partial charge in [-0.15, -0.1) is 0 Å². The summed E-state index contributed by atoms with van der Waals surface area (Å²) in [5.74, 6) is 0.508. The Morgan fingerprint density at radius 1 is 1.20 bits per heavy atom. The summed E-state index contributed by atoms with van der Waals surface area (Å²) in [4.78, 5) is 0. The second-order valence-corrected chi connectivity index (χ2v) is 5.73. The van der Waals surface area contributed by atoms with E-state index in [-0.39, 0.29) is 0 Å². The van der Waals surface area contributed by atoms with Crippen LogP contribution in [0.15, 0.2) is 36.5 Å². The third-order valence-corrected chi connectivity index (χ3v) is 3.75. The molecule has 0 saturated carbocycles. The molecule has 0 amide bonds. The minimum Gasteiger partial charge on any atom is -0.304 e. The summed E-state index contributed by atoms with van der Waals surface area (Å²) in [6.07, 6.45) is 1.85. The first-order valence-electron chi connectivity index (χ1n) is 7.11. The first kappa shape index (κ1) is 15.1. The predicted molar refractivity (Wildman–Crippen MR) is 83.8 cm³/mol. The molecule has 20 heavy (non-hydrogen) atoms. The highest BCUT2D eigenvalue weighted by Crippen LogP contribution is 2.23. The maximum absolute atomic E-state index is 5.96. The number of halogens is 1. The van der Waals surface area contributed by atoms with E-state index in [1.165, 1.54) is 11.3 Å². The number of aromatic nitrogens is 2. The first-order chi connectivity index (χ1) is 9.61. The molecule has 1 heterocycles. The summed E-state index contributed by atoms with van der Waals surface area (Å²) in [5.41, 5.74) is 2.49. The van der Waals surface area contributed by atoms with Crippen LogP contribution in [-0.2, 0) is 13.1 Å². The first-order valence-corrected chi connectivity index (χ1v) is 7.49. The molecule has 108 valence electrons. The lowest BCUT2D eigenvalue weighted by Crippen LogP contribution is -2.26. The summed E-state index contributed by atoms with van der Waals surface area (Å²) in [7, 11) is 0. The molecule has 0 aliphatic carbocycles. The van der Waals surface area contributed by atoms with Gasteiger partial charge in [0, 0.05) is 30.4 Å². The van der Waals surface area contributed by atoms with E-state index in [1.807, 2.05) is 23.0 Å². The molecular weight excluding hydrogens is 270 g/mol. The number of nitrogens with zero attached hydrogens (tertiary/aromatic N) is 2. The van der Waals surface area contributed by atoms with Gasteiger partial charge >= 0.3 is 0 Å². The zero-order chi connectivity index (χ0) is 14.5. The van der Waals surface area contributed by atoms with Gasteiger partial charge in [0.25, 0.3) is 0 Å². The van der Waals surface area contributed by atoms with Gasteiger partial charge in [-0.1, -0.05) is 37.6 Å². The maximum atomic E-state index is 5.96. The van der Waals surface area contributed by atoms with Gasteiger partial charge in [0.05, 0.1) is 5.69 Å². The Kier molecular flexibility index (Phi) is 5.21. The van der Waals surface area contributed by atoms with Crippen molar-refractivity contribution in [2.45, 2.75) is 39.9 Å². The Hall–Kier alpha value is -1.32. The van der Waals surface area contributed by atoms with Gasteiger partial charge in [0.15, 0.2) is 0 Å². The van der Waals surface area contributed by atoms with Crippen LogP contribution in [0.3, 0.4) is 0 Å². The molecule has 0 fully saturated rings. The minimum absolute atomic E-state index is 0.312. The molecule has 0 bridgehead atoms. The van der Waals surface area contributed by atoms with Crippen LogP contribution in [0.1, 0.15) is 38.1 Å². The van der Waals surface area contributed by atoms with Gasteiger partial charge in [-0.3, -0.25) is 4.68 Å². The molecule has 0 aliphatic rings. The van der Waals surface area contributed by atoms with Crippen LogP contribution in [0.25, 0.3) is 0 Å². The summed E-state index contributed by atoms with van der Waals surface area (Å²) >= 11 is 5.96. The Morgan fingerprint density at radius 3 is 2.50 bits per heavy atom. The average Bonchev–Trinajstić information content (AvgIpc) is 2.88. The molecule has 1 aromatic heterocycles. The second-order valence-electron chi connectivity index (χ2n) is 5.29. The van der Waals surface area contributed by atoms with Gasteiger partial charge in [-0.25, -0.2) is 0 Å². The number of nitrogens with one attached hydrogen (secondary N) is 1. The molecule has 2 rings (SSSR count). The van der Waals surface area contributed by atoms with Crippen LogP contribution in [-0.4, -0.2) is 9.78 Å². The second kappa shape index (κ2) is 6.91. The number of hydrogen-bond donors (Lipinski definition) is 1. The van der Waals surface area contributed by atoms with Crippen molar-refractivity contribution in [1.82, 2.24) is 15.1 Å². The van der Waals surface area contributed by atoms with E-state index in [2.05, 4.69) is 49.4 Å². The maximum Gasteiger partial charge on any atom is 0.0522 e. The van der Waals surface area contributed by atoms with Gasteiger partial charge in [0.1, 0.15) is 0 Å². The van der Waals surface area contributed by atoms with Crippen molar-refractivity contribution < 1.29 is 0 Å². The van der Waals surface area contributed by atoms with Crippen molar-refractivity contribution in [3.05, 3.63) is 52.8 Å². The van der Waals surface area contributed by atoms with Crippen molar-refractivity contribution in [2.24, 2.45) is 5.92 Å². The normalized spacial score (nSPS) is 12.8. The smallest absolute Gasteiger partial charge is 0.0522 e. The van der Waals surface area contributed by atoms with Gasteiger partial charge in [-0.05, 0) is 36.6 Å². The quantitative estimate of drug-likeness (QED) is 0.870. The Labute approximate surface area is 126 Å². The van der Waals surface area contributed by atoms with Crippen molar-refractivity contribution in [3.63, 3.8) is 0 Å². The molecule has 2 aromatic rings. The van der Waals surface area contributed by atoms with Gasteiger partial charge in [0.2, 0.25) is 0 Å². The molecule has 1 N–H and O–H groups in total. The van der Waals surface area contributed by atoms with E-state index in [1.54, 1.807) is 0 Å². The van der Waals surface area contributed by atoms with E-state index >= 15 is 0 Å². The van der Waals surface area contributed by atoms with E-state index in [9.17, 15) is 0 Å². The number of benzene rings is 1. The average molecular weight is 292 g/mol. The van der Waals surface area contributed by atoms with Crippen LogP contribution in [0, 0.1) is 5.92 Å². The SMILES string of the molecule is CCn1nccc1CNC(c1ccc(Cl)cc1)C(C)C. The van der Waals surface area contributed by atoms with Gasteiger partial charge in [-0.2, -0.15) is 5.10 Å². The summed E-state index contributed by atoms with van der Waals surface area (Å²) in [6.45, 7) is 8.28. The van der Waals surface area contributed by atoms with Crippen LogP contribution < -0.4 is 5.32 Å². The van der Waals surface area contributed by atoms with Crippen molar-refractivity contribution >= 4 is 11.6 Å². The largest absolute Gasteiger partial charge is 0.304 e. The highest BCUT2D eigenvalue weighted by molar-refractivity contribution is 6.30. The van der Waals surface area contributed by atoms with Crippen molar-refractivity contribution in [2.75, 3.05) is 0 Å². The molecule has 1 unspecified atom stereocenters. The summed E-state index contributed by atoms with van der Waals surface area (Å²) in [6, 6.07) is 10.5. The predicted octanol–water partition coefficient (Wildman–Crippen LogP) is 4.04. The third kappa shape index (κ3) is 3.62. The van der Waals surface area contributed by atoms with E-state index < -0.39 is 0 Å². The lowest BCUT2D eigenvalue weighted by atomic mass is 9.96. The summed E-state index contributed by atoms with van der Waals surface area (Å²) < 4.78 is 2.02. The van der Waals surface area contributed by atoms with Crippen LogP contribution in [0.2, 0.25) is 5.02 Å². The number of hydrogen-bond acceptors (Lipinski definition) is 2. The monoisotopic (exact) mass is 291 g/mol. The van der Waals surface area contributed by atoms with E-state index in [0.717, 1.165) is 18.1 Å². The zero-order valence-corrected chi connectivity index (χ0v) is 13.1. The fourth-order valence-corrected chi connectivity index (χ4v) is 2.54. The van der Waals surface area contributed by atoms with Crippen molar-refractivity contribution in [1.29, 1.82) is 0 Å². The Morgan fingerprint density at radius 2 is 1.90 bits per heavy atom. The molecular formula is C16H22ClN3. The molecule has 1 atom stereocenters. The molecule has 0 aliphatic heterocycles. The molecule has 1 aromatic carbocycles. The van der Waals surface area contributed by atoms with E-state index in [4.69, 9.17) is 11.6 Å². The molecule has 3 nitrogen and oxygen atoms in total. The number of aryl methyl sites for hydroxylation is 1. The fourth-order valence-electron chi connectivity index (χ4n) is 2.42. The zero-order valence-electron chi connectivity index (χ0n) is 12.3. The highest BCUT2D eigenvalue weighted by Gasteiger charge is 2.15. The van der Waals surface area contributed by atoms with Gasteiger partial charge < -0.3 is 5.32 Å². The molecule has 0 spiro atoms. The lowest BCUT2D eigenvalue weighted by molar-refractivity contribution is 0.402. The number of rotatable bonds is 6. The topological polar surface area (TPSA) is 29.9 Å². The van der Waals surface area contributed by atoms with Crippen LogP contribution in [0.4, 0.5) is 0 Å². The highest BCUT2D eigenvalue weighted by atomic mass is 35.5. The van der Waals surface area contributed by atoms with E-state index in [0.29, 0.717) is 12.0 Å². The molecule has 0 radical (unpaired) electrons. The minimum atomic E-state index is 0.312. The molecule has 4 heteroatoms. The van der Waals surface area contributed by atoms with Crippen LogP contribution in [0.5, 0.6) is 0 Å². The Bertz CT molecular complexity index is 531. The Balaban J connectivity index is 2.08. The van der Waals surface area contributed by atoms with Crippen molar-refractivity contribution in [3.8, 4) is 0 Å². The molecule has 0 saturated heterocycles.